The Balaban J connectivity index is 1.40. The number of hydrogen-bond acceptors (Lipinski definition) is 6. The number of benzene rings is 2. The highest BCUT2D eigenvalue weighted by molar-refractivity contribution is 8.26. The predicted octanol–water partition coefficient (Wildman–Crippen LogP) is 5.65. The van der Waals surface area contributed by atoms with Crippen molar-refractivity contribution >= 4 is 69.2 Å². The van der Waals surface area contributed by atoms with Crippen molar-refractivity contribution in [1.82, 2.24) is 4.90 Å². The Morgan fingerprint density at radius 2 is 1.81 bits per heavy atom. The van der Waals surface area contributed by atoms with Crippen molar-refractivity contribution in [3.8, 4) is 0 Å². The van der Waals surface area contributed by atoms with Crippen molar-refractivity contribution in [2.45, 2.75) is 25.7 Å². The van der Waals surface area contributed by atoms with Crippen LogP contribution < -0.4 is 5.32 Å². The van der Waals surface area contributed by atoms with E-state index in [-0.39, 0.29) is 17.5 Å². The number of carbonyl (C=O) groups is 2. The molecule has 0 saturated carbocycles. The summed E-state index contributed by atoms with van der Waals surface area (Å²) in [7, 11) is 0. The normalized spacial score (nSPS) is 14.8. The number of thiocarbonyl (C=S) groups is 1. The van der Waals surface area contributed by atoms with Gasteiger partial charge in [0, 0.05) is 35.8 Å². The van der Waals surface area contributed by atoms with Crippen molar-refractivity contribution in [2.24, 2.45) is 0 Å². The quantitative estimate of drug-likeness (QED) is 0.161. The first-order valence-corrected chi connectivity index (χ1v) is 11.5. The zero-order valence-electron chi connectivity index (χ0n) is 17.0. The molecule has 166 valence electrons. The second-order valence-electron chi connectivity index (χ2n) is 7.05. The number of halogens is 1. The maximum Gasteiger partial charge on any atom is 0.269 e. The minimum Gasteiger partial charge on any atom is -0.326 e. The van der Waals surface area contributed by atoms with E-state index in [1.807, 2.05) is 12.1 Å². The van der Waals surface area contributed by atoms with Gasteiger partial charge in [-0.15, -0.1) is 0 Å². The Morgan fingerprint density at radius 1 is 1.12 bits per heavy atom. The van der Waals surface area contributed by atoms with Crippen LogP contribution >= 0.6 is 35.6 Å². The second kappa shape index (κ2) is 11.2. The molecular weight excluding hydrogens is 470 g/mol. The van der Waals surface area contributed by atoms with Gasteiger partial charge in [0.25, 0.3) is 11.6 Å². The third-order valence-electron chi connectivity index (χ3n) is 4.69. The highest BCUT2D eigenvalue weighted by Crippen LogP contribution is 2.33. The monoisotopic (exact) mass is 489 g/mol. The fraction of sp³-hybridized carbons (Fsp3) is 0.227. The largest absolute Gasteiger partial charge is 0.326 e. The van der Waals surface area contributed by atoms with Crippen LogP contribution in [0.3, 0.4) is 0 Å². The van der Waals surface area contributed by atoms with Crippen LogP contribution in [0.1, 0.15) is 31.2 Å². The van der Waals surface area contributed by atoms with Crippen LogP contribution in [0, 0.1) is 10.1 Å². The van der Waals surface area contributed by atoms with Gasteiger partial charge in [-0.1, -0.05) is 54.1 Å². The SMILES string of the molecule is O=C(CCCCCN1C(=O)C(=Cc2ccc(Cl)cc2)SC1=S)Nc1ccc([N+](=O)[O-])cc1. The van der Waals surface area contributed by atoms with Gasteiger partial charge in [0.15, 0.2) is 0 Å². The Hall–Kier alpha value is -2.75. The first-order chi connectivity index (χ1) is 15.3. The molecule has 7 nitrogen and oxygen atoms in total. The van der Waals surface area contributed by atoms with Crippen molar-refractivity contribution in [3.63, 3.8) is 0 Å². The first-order valence-electron chi connectivity index (χ1n) is 9.89. The van der Waals surface area contributed by atoms with Gasteiger partial charge in [0.05, 0.1) is 9.83 Å². The molecule has 1 saturated heterocycles. The number of nitro benzene ring substituents is 1. The fourth-order valence-electron chi connectivity index (χ4n) is 3.03. The third kappa shape index (κ3) is 6.62. The van der Waals surface area contributed by atoms with Crippen molar-refractivity contribution in [3.05, 3.63) is 74.1 Å². The van der Waals surface area contributed by atoms with E-state index in [2.05, 4.69) is 5.32 Å². The lowest BCUT2D eigenvalue weighted by atomic mass is 10.1. The lowest BCUT2D eigenvalue weighted by Crippen LogP contribution is -2.29. The Bertz CT molecular complexity index is 1060. The number of rotatable bonds is 9. The van der Waals surface area contributed by atoms with E-state index >= 15 is 0 Å². The molecule has 1 fully saturated rings. The summed E-state index contributed by atoms with van der Waals surface area (Å²) in [6.45, 7) is 0.507. The van der Waals surface area contributed by atoms with E-state index in [0.29, 0.717) is 39.3 Å². The zero-order chi connectivity index (χ0) is 23.1. The molecular formula is C22H20ClN3O4S2. The van der Waals surface area contributed by atoms with Gasteiger partial charge in [-0.3, -0.25) is 24.6 Å². The summed E-state index contributed by atoms with van der Waals surface area (Å²) in [6, 6.07) is 12.9. The molecule has 0 bridgehead atoms. The van der Waals surface area contributed by atoms with Gasteiger partial charge < -0.3 is 5.32 Å². The van der Waals surface area contributed by atoms with Gasteiger partial charge in [0.1, 0.15) is 4.32 Å². The van der Waals surface area contributed by atoms with E-state index in [1.54, 1.807) is 23.1 Å². The number of unbranched alkanes of at least 4 members (excludes halogenated alkanes) is 2. The molecule has 0 spiro atoms. The minimum atomic E-state index is -0.489. The number of thioether (sulfide) groups is 1. The van der Waals surface area contributed by atoms with E-state index in [1.165, 1.54) is 36.0 Å². The molecule has 1 aliphatic rings. The summed E-state index contributed by atoms with van der Waals surface area (Å²) in [5.41, 5.74) is 1.38. The standard InChI is InChI=1S/C22H20ClN3O4S2/c23-16-7-5-15(6-8-16)14-19-21(28)25(22(31)32-19)13-3-1-2-4-20(27)24-17-9-11-18(12-10-17)26(29)30/h5-12,14H,1-4,13H2,(H,24,27). The molecule has 3 rings (SSSR count). The zero-order valence-corrected chi connectivity index (χ0v) is 19.3. The summed E-state index contributed by atoms with van der Waals surface area (Å²) in [6.07, 6.45) is 4.28. The highest BCUT2D eigenvalue weighted by atomic mass is 35.5. The summed E-state index contributed by atoms with van der Waals surface area (Å²) < 4.78 is 0.533. The maximum absolute atomic E-state index is 12.6. The van der Waals surface area contributed by atoms with Crippen molar-refractivity contribution < 1.29 is 14.5 Å². The van der Waals surface area contributed by atoms with Gasteiger partial charge in [-0.2, -0.15) is 0 Å². The summed E-state index contributed by atoms with van der Waals surface area (Å²) in [5.74, 6) is -0.263. The number of nitrogens with zero attached hydrogens (tertiary/aromatic N) is 2. The molecule has 0 aliphatic carbocycles. The predicted molar refractivity (Wildman–Crippen MR) is 132 cm³/mol. The number of amides is 2. The lowest BCUT2D eigenvalue weighted by molar-refractivity contribution is -0.384. The van der Waals surface area contributed by atoms with E-state index in [0.717, 1.165) is 18.4 Å². The second-order valence-corrected chi connectivity index (χ2v) is 9.16. The lowest BCUT2D eigenvalue weighted by Gasteiger charge is -2.14. The molecule has 1 N–H and O–H groups in total. The van der Waals surface area contributed by atoms with E-state index in [9.17, 15) is 19.7 Å². The van der Waals surface area contributed by atoms with Crippen molar-refractivity contribution in [2.75, 3.05) is 11.9 Å². The highest BCUT2D eigenvalue weighted by Gasteiger charge is 2.31. The molecule has 0 unspecified atom stereocenters. The number of nitrogens with one attached hydrogen (secondary N) is 1. The fourth-order valence-corrected chi connectivity index (χ4v) is 4.46. The van der Waals surface area contributed by atoms with Gasteiger partial charge in [-0.25, -0.2) is 0 Å². The summed E-state index contributed by atoms with van der Waals surface area (Å²) in [4.78, 5) is 37.0. The van der Waals surface area contributed by atoms with Crippen LogP contribution in [0.25, 0.3) is 6.08 Å². The van der Waals surface area contributed by atoms with Gasteiger partial charge >= 0.3 is 0 Å². The first kappa shape index (κ1) is 23.9. The topological polar surface area (TPSA) is 92.6 Å². The molecule has 10 heteroatoms. The van der Waals surface area contributed by atoms with Gasteiger partial charge in [-0.05, 0) is 48.7 Å². The number of carbonyl (C=O) groups excluding carboxylic acids is 2. The molecule has 0 atom stereocenters. The smallest absolute Gasteiger partial charge is 0.269 e. The van der Waals surface area contributed by atoms with Crippen molar-refractivity contribution in [1.29, 1.82) is 0 Å². The molecule has 2 aromatic carbocycles. The molecule has 0 aromatic heterocycles. The van der Waals surface area contributed by atoms with Crippen LogP contribution in [0.2, 0.25) is 5.02 Å². The molecule has 2 amide bonds. The molecule has 1 aliphatic heterocycles. The molecule has 1 heterocycles. The van der Waals surface area contributed by atoms with Crippen LogP contribution in [0.15, 0.2) is 53.4 Å². The van der Waals surface area contributed by atoms with Crippen LogP contribution in [0.4, 0.5) is 11.4 Å². The maximum atomic E-state index is 12.6. The van der Waals surface area contributed by atoms with Crippen LogP contribution in [-0.4, -0.2) is 32.5 Å². The average Bonchev–Trinajstić information content (AvgIpc) is 3.02. The molecule has 32 heavy (non-hydrogen) atoms. The third-order valence-corrected chi connectivity index (χ3v) is 6.32. The Kier molecular flexibility index (Phi) is 8.38. The Labute approximate surface area is 200 Å². The van der Waals surface area contributed by atoms with E-state index in [4.69, 9.17) is 23.8 Å². The molecule has 0 radical (unpaired) electrons. The van der Waals surface area contributed by atoms with Crippen LogP contribution in [0.5, 0.6) is 0 Å². The van der Waals surface area contributed by atoms with E-state index < -0.39 is 4.92 Å². The van der Waals surface area contributed by atoms with Gasteiger partial charge in [0.2, 0.25) is 5.91 Å². The number of anilines is 1. The number of non-ortho nitro benzene ring substituents is 1. The van der Waals surface area contributed by atoms with Crippen LogP contribution in [-0.2, 0) is 9.59 Å². The number of nitro groups is 1. The molecule has 2 aromatic rings. The Morgan fingerprint density at radius 3 is 2.47 bits per heavy atom. The summed E-state index contributed by atoms with van der Waals surface area (Å²) >= 11 is 12.5. The number of hydrogen-bond donors (Lipinski definition) is 1. The summed E-state index contributed by atoms with van der Waals surface area (Å²) in [5, 5.41) is 14.0. The minimum absolute atomic E-state index is 0.0262. The average molecular weight is 490 g/mol.